The van der Waals surface area contributed by atoms with Crippen LogP contribution in [0, 0.1) is 17.2 Å². The maximum absolute atomic E-state index is 12.3. The highest BCUT2D eigenvalue weighted by Gasteiger charge is 2.15. The van der Waals surface area contributed by atoms with E-state index in [4.69, 9.17) is 23.2 Å². The smallest absolute Gasteiger partial charge is 0.228 e. The Morgan fingerprint density at radius 3 is 2.50 bits per heavy atom. The third-order valence-electron chi connectivity index (χ3n) is 4.56. The topological polar surface area (TPSA) is 65.8 Å². The van der Waals surface area contributed by atoms with Gasteiger partial charge in [-0.3, -0.25) is 9.78 Å². The van der Waals surface area contributed by atoms with E-state index in [1.807, 2.05) is 24.3 Å². The lowest BCUT2D eigenvalue weighted by Crippen LogP contribution is -2.14. The molecule has 1 amide bonds. The molecule has 0 saturated carbocycles. The van der Waals surface area contributed by atoms with Crippen LogP contribution in [0.25, 0.3) is 11.1 Å². The van der Waals surface area contributed by atoms with Gasteiger partial charge in [-0.05, 0) is 53.3 Å². The highest BCUT2D eigenvalue weighted by atomic mass is 35.5. The van der Waals surface area contributed by atoms with Crippen LogP contribution in [-0.2, 0) is 17.6 Å². The summed E-state index contributed by atoms with van der Waals surface area (Å²) in [6.07, 6.45) is 4.34. The second kappa shape index (κ2) is 9.75. The molecular weight excluding hydrogens is 417 g/mol. The zero-order valence-corrected chi connectivity index (χ0v) is 18.3. The summed E-state index contributed by atoms with van der Waals surface area (Å²) in [5.41, 5.74) is 4.34. The van der Waals surface area contributed by atoms with Gasteiger partial charge in [0.25, 0.3) is 0 Å². The summed E-state index contributed by atoms with van der Waals surface area (Å²) in [5.74, 6) is 0.261. The van der Waals surface area contributed by atoms with Gasteiger partial charge in [0.1, 0.15) is 0 Å². The number of pyridine rings is 1. The highest BCUT2D eigenvalue weighted by molar-refractivity contribution is 6.39. The van der Waals surface area contributed by atoms with Crippen LogP contribution in [0.2, 0.25) is 10.0 Å². The van der Waals surface area contributed by atoms with E-state index in [1.54, 1.807) is 30.6 Å². The van der Waals surface area contributed by atoms with E-state index in [1.165, 1.54) is 0 Å². The van der Waals surface area contributed by atoms with Crippen molar-refractivity contribution in [3.05, 3.63) is 81.6 Å². The Balaban J connectivity index is 1.84. The van der Waals surface area contributed by atoms with Gasteiger partial charge in [0.05, 0.1) is 28.1 Å². The van der Waals surface area contributed by atoms with Gasteiger partial charge in [-0.2, -0.15) is 5.26 Å². The maximum Gasteiger partial charge on any atom is 0.228 e. The van der Waals surface area contributed by atoms with E-state index in [0.717, 1.165) is 23.1 Å². The molecular formula is C24H21Cl2N3O. The van der Waals surface area contributed by atoms with Gasteiger partial charge in [-0.1, -0.05) is 55.2 Å². The van der Waals surface area contributed by atoms with Crippen molar-refractivity contribution >= 4 is 34.8 Å². The summed E-state index contributed by atoms with van der Waals surface area (Å²) in [4.78, 5) is 16.3. The van der Waals surface area contributed by atoms with Crippen molar-refractivity contribution in [2.24, 2.45) is 5.92 Å². The number of benzene rings is 2. The SMILES string of the molecule is CC(C)Cc1ccc(-c2c(Cl)cc(NC(=O)Cc3cccnc3)cc2Cl)cc1C#N. The minimum absolute atomic E-state index is 0.187. The highest BCUT2D eigenvalue weighted by Crippen LogP contribution is 2.38. The molecule has 6 heteroatoms. The summed E-state index contributed by atoms with van der Waals surface area (Å²) in [6, 6.07) is 14.9. The Morgan fingerprint density at radius 1 is 1.17 bits per heavy atom. The molecule has 1 N–H and O–H groups in total. The molecule has 3 rings (SSSR count). The summed E-state index contributed by atoms with van der Waals surface area (Å²) in [5, 5.41) is 13.2. The molecule has 0 unspecified atom stereocenters. The summed E-state index contributed by atoms with van der Waals surface area (Å²) in [7, 11) is 0. The molecule has 0 aliphatic heterocycles. The zero-order valence-electron chi connectivity index (χ0n) is 16.7. The second-order valence-electron chi connectivity index (χ2n) is 7.48. The molecule has 1 heterocycles. The molecule has 0 bridgehead atoms. The molecule has 30 heavy (non-hydrogen) atoms. The van der Waals surface area contributed by atoms with Crippen molar-refractivity contribution < 1.29 is 4.79 Å². The first-order valence-electron chi connectivity index (χ1n) is 9.58. The van der Waals surface area contributed by atoms with Crippen molar-refractivity contribution in [3.63, 3.8) is 0 Å². The van der Waals surface area contributed by atoms with Crippen molar-refractivity contribution in [1.29, 1.82) is 5.26 Å². The van der Waals surface area contributed by atoms with E-state index in [-0.39, 0.29) is 12.3 Å². The maximum atomic E-state index is 12.3. The normalized spacial score (nSPS) is 10.7. The number of anilines is 1. The lowest BCUT2D eigenvalue weighted by atomic mass is 9.94. The summed E-state index contributed by atoms with van der Waals surface area (Å²) < 4.78 is 0. The van der Waals surface area contributed by atoms with Crippen LogP contribution in [0.15, 0.2) is 54.9 Å². The quantitative estimate of drug-likeness (QED) is 0.491. The largest absolute Gasteiger partial charge is 0.326 e. The molecule has 0 fully saturated rings. The summed E-state index contributed by atoms with van der Waals surface area (Å²) in [6.45, 7) is 4.23. The number of carbonyl (C=O) groups is 1. The first kappa shape index (κ1) is 21.8. The number of nitrogens with one attached hydrogen (secondary N) is 1. The van der Waals surface area contributed by atoms with E-state index in [9.17, 15) is 10.1 Å². The summed E-state index contributed by atoms with van der Waals surface area (Å²) >= 11 is 13.0. The van der Waals surface area contributed by atoms with Gasteiger partial charge < -0.3 is 5.32 Å². The molecule has 0 radical (unpaired) electrons. The molecule has 0 saturated heterocycles. The van der Waals surface area contributed by atoms with Crippen LogP contribution in [0.1, 0.15) is 30.5 Å². The lowest BCUT2D eigenvalue weighted by Gasteiger charge is -2.13. The van der Waals surface area contributed by atoms with Gasteiger partial charge in [0, 0.05) is 23.6 Å². The minimum Gasteiger partial charge on any atom is -0.326 e. The molecule has 3 aromatic rings. The standard InChI is InChI=1S/C24H21Cl2N3O/c1-15(2)8-17-5-6-18(10-19(17)13-27)24-21(25)11-20(12-22(24)26)29-23(30)9-16-4-3-7-28-14-16/h3-7,10-12,14-15H,8-9H2,1-2H3,(H,29,30). The van der Waals surface area contributed by atoms with Crippen molar-refractivity contribution in [2.45, 2.75) is 26.7 Å². The lowest BCUT2D eigenvalue weighted by molar-refractivity contribution is -0.115. The number of aromatic nitrogens is 1. The molecule has 1 aromatic heterocycles. The number of nitriles is 1. The fourth-order valence-electron chi connectivity index (χ4n) is 3.27. The Morgan fingerprint density at radius 2 is 1.90 bits per heavy atom. The number of nitrogens with zero attached hydrogens (tertiary/aromatic N) is 2. The van der Waals surface area contributed by atoms with Gasteiger partial charge in [0.15, 0.2) is 0 Å². The number of rotatable bonds is 6. The monoisotopic (exact) mass is 437 g/mol. The fourth-order valence-corrected chi connectivity index (χ4v) is 3.97. The van der Waals surface area contributed by atoms with Crippen LogP contribution in [0.4, 0.5) is 5.69 Å². The number of halogens is 2. The molecule has 0 aliphatic carbocycles. The molecule has 4 nitrogen and oxygen atoms in total. The van der Waals surface area contributed by atoms with Crippen molar-refractivity contribution in [3.8, 4) is 17.2 Å². The first-order valence-corrected chi connectivity index (χ1v) is 10.3. The second-order valence-corrected chi connectivity index (χ2v) is 8.30. The molecule has 2 aromatic carbocycles. The first-order chi connectivity index (χ1) is 14.4. The molecule has 0 spiro atoms. The van der Waals surface area contributed by atoms with Crippen LogP contribution in [-0.4, -0.2) is 10.9 Å². The van der Waals surface area contributed by atoms with Crippen molar-refractivity contribution in [1.82, 2.24) is 4.98 Å². The van der Waals surface area contributed by atoms with Crippen LogP contribution in [0.3, 0.4) is 0 Å². The number of hydrogen-bond donors (Lipinski definition) is 1. The third-order valence-corrected chi connectivity index (χ3v) is 5.16. The van der Waals surface area contributed by atoms with Crippen LogP contribution in [0.5, 0.6) is 0 Å². The van der Waals surface area contributed by atoms with E-state index < -0.39 is 0 Å². The fraction of sp³-hybridized carbons (Fsp3) is 0.208. The molecule has 0 aliphatic rings. The third kappa shape index (κ3) is 5.38. The molecule has 0 atom stereocenters. The van der Waals surface area contributed by atoms with E-state index in [2.05, 4.69) is 30.2 Å². The number of carbonyl (C=O) groups excluding carboxylic acids is 1. The average Bonchev–Trinajstić information content (AvgIpc) is 2.68. The number of amides is 1. The molecule has 152 valence electrons. The van der Waals surface area contributed by atoms with E-state index >= 15 is 0 Å². The van der Waals surface area contributed by atoms with Crippen molar-refractivity contribution in [2.75, 3.05) is 5.32 Å². The van der Waals surface area contributed by atoms with Gasteiger partial charge in [-0.15, -0.1) is 0 Å². The van der Waals surface area contributed by atoms with Crippen LogP contribution < -0.4 is 5.32 Å². The minimum atomic E-state index is -0.187. The van der Waals surface area contributed by atoms with E-state index in [0.29, 0.717) is 32.8 Å². The van der Waals surface area contributed by atoms with Gasteiger partial charge in [0.2, 0.25) is 5.91 Å². The Kier molecular flexibility index (Phi) is 7.10. The Labute approximate surface area is 186 Å². The predicted molar refractivity (Wildman–Crippen MR) is 122 cm³/mol. The predicted octanol–water partition coefficient (Wildman–Crippen LogP) is 6.31. The zero-order chi connectivity index (χ0) is 21.7. The Hall–Kier alpha value is -2.87. The van der Waals surface area contributed by atoms with Gasteiger partial charge in [-0.25, -0.2) is 0 Å². The van der Waals surface area contributed by atoms with Gasteiger partial charge >= 0.3 is 0 Å². The average molecular weight is 438 g/mol. The Bertz CT molecular complexity index is 1080. The van der Waals surface area contributed by atoms with Crippen LogP contribution >= 0.6 is 23.2 Å². The number of hydrogen-bond acceptors (Lipinski definition) is 3.